The van der Waals surface area contributed by atoms with E-state index in [0.717, 1.165) is 81.2 Å². The van der Waals surface area contributed by atoms with Crippen molar-refractivity contribution in [2.24, 2.45) is 105 Å². The smallest absolute Gasteiger partial charge is 0.210 e. The fourth-order valence-electron chi connectivity index (χ4n) is 20.2. The molecule has 8 fully saturated rings. The van der Waals surface area contributed by atoms with E-state index >= 15 is 0 Å². The minimum atomic E-state index is -3.38. The normalized spacial score (nSPS) is 41.4. The molecule has 2 aromatic rings. The Morgan fingerprint density at radius 1 is 0.644 bits per heavy atom. The average molecular weight is 1030 g/mol. The van der Waals surface area contributed by atoms with Crippen LogP contribution in [0.2, 0.25) is 0 Å². The van der Waals surface area contributed by atoms with Gasteiger partial charge in [0.1, 0.15) is 0 Å². The zero-order valence-electron chi connectivity index (χ0n) is 47.7. The van der Waals surface area contributed by atoms with E-state index in [1.165, 1.54) is 178 Å². The topological polar surface area (TPSA) is 47.0 Å². The molecule has 73 heavy (non-hydrogen) atoms. The summed E-state index contributed by atoms with van der Waals surface area (Å²) in [4.78, 5) is 4.49. The first-order valence-electron chi connectivity index (χ1n) is 31.2. The minimum Gasteiger partial charge on any atom is -0.225 e. The summed E-state index contributed by atoms with van der Waals surface area (Å²) in [5.74, 6) is 11.4. The largest absolute Gasteiger partial charge is 0.225 e. The fourth-order valence-corrected chi connectivity index (χ4v) is 23.2. The van der Waals surface area contributed by atoms with E-state index in [-0.39, 0.29) is 17.1 Å². The standard InChI is InChI=1S/C30H41NO2S2.C30H48.C8H14/c1-19-13-15-29(3)21(17-19)9-10-22-24-12-11-23(30(24,4)16-14-25(22)29)20(2)18-35(32,33)28-31-26-7-5-6-8-27(26)34-28;1-21-16-18-29(3)24(20-21)12-13-25-27-15-14-26(30(27,4)19-17-28(25)29)22(2)10-11-23-8-6-5-7-9-23;1-2-8-6-4-3-5-7-8/h5-9,19-20,22-25H,10-18H2,1-4H3;10-12,21-23,25-28H,5-9,13-20H2,1-4H3;2,8H,1,3-7H2/b;11-10+;/t19-,20+,22-,23+,24-,25-,29-,30+;21-,22+,25-,26+,27-,28-,29-,30+;/m00./s1. The van der Waals surface area contributed by atoms with Crippen molar-refractivity contribution in [1.82, 2.24) is 4.98 Å². The van der Waals surface area contributed by atoms with E-state index in [1.807, 2.05) is 29.8 Å². The minimum absolute atomic E-state index is 0.166. The molecule has 1 aromatic carbocycles. The predicted molar refractivity (Wildman–Crippen MR) is 311 cm³/mol. The van der Waals surface area contributed by atoms with Gasteiger partial charge >= 0.3 is 0 Å². The Hall–Kier alpha value is -1.98. The number of para-hydroxylation sites is 1. The zero-order chi connectivity index (χ0) is 51.3. The number of sulfone groups is 1. The highest BCUT2D eigenvalue weighted by atomic mass is 32.2. The summed E-state index contributed by atoms with van der Waals surface area (Å²) < 4.78 is 28.1. The Balaban J connectivity index is 0.000000147. The highest BCUT2D eigenvalue weighted by molar-refractivity contribution is 7.93. The Morgan fingerprint density at radius 3 is 1.70 bits per heavy atom. The van der Waals surface area contributed by atoms with E-state index in [4.69, 9.17) is 0 Å². The van der Waals surface area contributed by atoms with Gasteiger partial charge in [0.25, 0.3) is 0 Å². The first kappa shape index (κ1) is 54.4. The van der Waals surface area contributed by atoms with E-state index in [1.54, 1.807) is 5.57 Å². The first-order chi connectivity index (χ1) is 35.0. The van der Waals surface area contributed by atoms with Crippen LogP contribution in [-0.4, -0.2) is 19.2 Å². The molecule has 0 bridgehead atoms. The van der Waals surface area contributed by atoms with Gasteiger partial charge in [-0.05, 0) is 245 Å². The molecule has 1 aromatic heterocycles. The van der Waals surface area contributed by atoms with Crippen molar-refractivity contribution in [3.8, 4) is 0 Å². The van der Waals surface area contributed by atoms with E-state index in [0.29, 0.717) is 26.5 Å². The number of fused-ring (bicyclic) bond motifs is 11. The molecule has 0 spiro atoms. The van der Waals surface area contributed by atoms with Crippen molar-refractivity contribution in [2.75, 3.05) is 5.75 Å². The van der Waals surface area contributed by atoms with Crippen molar-refractivity contribution in [2.45, 2.75) is 227 Å². The van der Waals surface area contributed by atoms with Gasteiger partial charge in [0.05, 0.1) is 16.0 Å². The maximum atomic E-state index is 13.4. The number of hydrogen-bond donors (Lipinski definition) is 0. The summed E-state index contributed by atoms with van der Waals surface area (Å²) in [7, 11) is -3.38. The molecule has 12 rings (SSSR count). The van der Waals surface area contributed by atoms with Crippen molar-refractivity contribution < 1.29 is 8.42 Å². The predicted octanol–water partition coefficient (Wildman–Crippen LogP) is 19.6. The highest BCUT2D eigenvalue weighted by Crippen LogP contribution is 2.69. The highest BCUT2D eigenvalue weighted by Gasteiger charge is 2.61. The molecule has 404 valence electrons. The second-order valence-corrected chi connectivity index (χ2v) is 31.9. The molecule has 0 N–H and O–H groups in total. The quantitative estimate of drug-likeness (QED) is 0.248. The Bertz CT molecular complexity index is 2400. The maximum Gasteiger partial charge on any atom is 0.210 e. The summed E-state index contributed by atoms with van der Waals surface area (Å²) >= 11 is 1.33. The third-order valence-corrected chi connectivity index (χ3v) is 27.9. The van der Waals surface area contributed by atoms with Gasteiger partial charge in [-0.3, -0.25) is 0 Å². The molecule has 5 heteroatoms. The molecule has 10 aliphatic carbocycles. The SMILES string of the molecule is C=CC1CCCCC1.C[C@H]1CC[C@@]2(C)C(=CC[C@H]3[C@@H]4CC[C@H]([C@H](C)/C=C/C5CCCCC5)[C@@]4(C)CC[C@@H]32)C1.C[C@H]1CC[C@@]2(C)C(=CC[C@H]3[C@@H]4CC[C@H]([C@H](C)CS(=O)(=O)c5nc6ccccc6s5)[C@@]4(C)CC[C@@H]32)C1. The van der Waals surface area contributed by atoms with E-state index < -0.39 is 9.84 Å². The third kappa shape index (κ3) is 10.6. The lowest BCUT2D eigenvalue weighted by Crippen LogP contribution is -2.50. The summed E-state index contributed by atoms with van der Waals surface area (Å²) in [6, 6.07) is 7.75. The monoisotopic (exact) mass is 1030 g/mol. The molecule has 3 nitrogen and oxygen atoms in total. The second-order valence-electron chi connectivity index (χ2n) is 28.7. The number of allylic oxidation sites excluding steroid dienone is 7. The molecular formula is C68H103NO2S2. The summed E-state index contributed by atoms with van der Waals surface area (Å²) in [6.45, 7) is 24.0. The number of nitrogens with zero attached hydrogens (tertiary/aromatic N) is 1. The van der Waals surface area contributed by atoms with Gasteiger partial charge < -0.3 is 0 Å². The van der Waals surface area contributed by atoms with Gasteiger partial charge in [-0.25, -0.2) is 13.4 Å². The molecule has 0 unspecified atom stereocenters. The first-order valence-corrected chi connectivity index (χ1v) is 33.7. The van der Waals surface area contributed by atoms with Crippen LogP contribution < -0.4 is 0 Å². The summed E-state index contributed by atoms with van der Waals surface area (Å²) in [5.41, 5.74) is 6.26. The lowest BCUT2D eigenvalue weighted by Gasteiger charge is -2.58. The Kier molecular flexibility index (Phi) is 16.4. The lowest BCUT2D eigenvalue weighted by molar-refractivity contribution is -0.0501. The third-order valence-electron chi connectivity index (χ3n) is 24.5. The summed E-state index contributed by atoms with van der Waals surface area (Å²) in [5, 5.41) is 0. The van der Waals surface area contributed by atoms with Crippen LogP contribution in [0.25, 0.3) is 10.2 Å². The van der Waals surface area contributed by atoms with Crippen LogP contribution in [0.15, 0.2) is 76.7 Å². The number of aromatic nitrogens is 1. The van der Waals surface area contributed by atoms with Gasteiger partial charge in [0.2, 0.25) is 14.2 Å². The molecule has 0 amide bonds. The number of thiazole rings is 1. The second kappa shape index (κ2) is 22.0. The van der Waals surface area contributed by atoms with Crippen LogP contribution in [0.5, 0.6) is 0 Å². The number of benzene rings is 1. The molecule has 0 saturated heterocycles. The fraction of sp³-hybridized carbons (Fsp3) is 0.779. The van der Waals surface area contributed by atoms with Gasteiger partial charge in [-0.2, -0.15) is 0 Å². The van der Waals surface area contributed by atoms with Gasteiger partial charge in [0, 0.05) is 0 Å². The van der Waals surface area contributed by atoms with Crippen LogP contribution in [0.3, 0.4) is 0 Å². The van der Waals surface area contributed by atoms with Crippen LogP contribution in [-0.2, 0) is 9.84 Å². The van der Waals surface area contributed by atoms with Crippen LogP contribution >= 0.6 is 11.3 Å². The van der Waals surface area contributed by atoms with Gasteiger partial charge in [0.15, 0.2) is 0 Å². The van der Waals surface area contributed by atoms with Crippen molar-refractivity contribution in [3.63, 3.8) is 0 Å². The lowest BCUT2D eigenvalue weighted by atomic mass is 9.46. The number of hydrogen-bond acceptors (Lipinski definition) is 4. The molecular weight excluding hydrogens is 927 g/mol. The van der Waals surface area contributed by atoms with Crippen molar-refractivity contribution in [3.05, 3.63) is 72.4 Å². The van der Waals surface area contributed by atoms with Crippen molar-refractivity contribution >= 4 is 31.4 Å². The average Bonchev–Trinajstić information content (AvgIpc) is 4.10. The van der Waals surface area contributed by atoms with Gasteiger partial charge in [-0.1, -0.05) is 148 Å². The van der Waals surface area contributed by atoms with Crippen LogP contribution in [0.4, 0.5) is 0 Å². The van der Waals surface area contributed by atoms with Crippen LogP contribution in [0.1, 0.15) is 222 Å². The Labute approximate surface area is 451 Å². The molecule has 0 aliphatic heterocycles. The molecule has 1 heterocycles. The maximum absolute atomic E-state index is 13.4. The van der Waals surface area contributed by atoms with Gasteiger partial charge in [-0.15, -0.1) is 17.9 Å². The summed E-state index contributed by atoms with van der Waals surface area (Å²) in [6.07, 6.45) is 49.3. The number of rotatable bonds is 8. The molecule has 10 aliphatic rings. The molecule has 8 saturated carbocycles. The van der Waals surface area contributed by atoms with E-state index in [2.05, 4.69) is 97.3 Å². The van der Waals surface area contributed by atoms with Crippen molar-refractivity contribution in [1.29, 1.82) is 0 Å². The Morgan fingerprint density at radius 2 is 1.16 bits per heavy atom. The van der Waals surface area contributed by atoms with E-state index in [9.17, 15) is 8.42 Å². The van der Waals surface area contributed by atoms with Crippen LogP contribution in [0, 0.1) is 105 Å². The molecule has 0 radical (unpaired) electrons. The zero-order valence-corrected chi connectivity index (χ0v) is 49.3. The molecule has 16 atom stereocenters.